The molecule has 42 heavy (non-hydrogen) atoms. The molecule has 2 atom stereocenters. The Bertz CT molecular complexity index is 1480. The molecule has 7 rings (SSSR count). The van der Waals surface area contributed by atoms with Crippen LogP contribution in [0.4, 0.5) is 4.79 Å². The molecule has 2 fully saturated rings. The van der Waals surface area contributed by atoms with Gasteiger partial charge in [0.25, 0.3) is 0 Å². The lowest BCUT2D eigenvalue weighted by Gasteiger charge is -2.44. The summed E-state index contributed by atoms with van der Waals surface area (Å²) in [5.41, 5.74) is 7.98. The molecule has 0 saturated carbocycles. The SMILES string of the molecule is CC1(C)OB(c2cccc(CC3=CC4CCCC(C3)N4C(=O)OCC3c4ccccc4-c4ccccc43)c2)OC1(C)C. The fraction of sp³-hybridized carbons (Fsp3) is 0.417. The lowest BCUT2D eigenvalue weighted by atomic mass is 9.77. The molecule has 3 aliphatic heterocycles. The summed E-state index contributed by atoms with van der Waals surface area (Å²) >= 11 is 0. The number of benzene rings is 3. The first-order chi connectivity index (χ1) is 20.2. The molecular weight excluding hydrogens is 521 g/mol. The van der Waals surface area contributed by atoms with Crippen LogP contribution in [0.3, 0.4) is 0 Å². The Morgan fingerprint density at radius 1 is 0.905 bits per heavy atom. The van der Waals surface area contributed by atoms with Gasteiger partial charge in [-0.1, -0.05) is 84.4 Å². The van der Waals surface area contributed by atoms with Gasteiger partial charge >= 0.3 is 13.2 Å². The molecular formula is C36H40BNO4. The Balaban J connectivity index is 1.04. The molecule has 3 aromatic rings. The number of nitrogens with zero attached hydrogens (tertiary/aromatic N) is 1. The van der Waals surface area contributed by atoms with E-state index in [9.17, 15) is 4.79 Å². The van der Waals surface area contributed by atoms with Crippen LogP contribution in [0.1, 0.15) is 76.0 Å². The minimum atomic E-state index is -0.362. The van der Waals surface area contributed by atoms with E-state index in [4.69, 9.17) is 14.0 Å². The minimum absolute atomic E-state index is 0.0772. The minimum Gasteiger partial charge on any atom is -0.448 e. The summed E-state index contributed by atoms with van der Waals surface area (Å²) in [4.78, 5) is 15.6. The molecule has 0 radical (unpaired) electrons. The highest BCUT2D eigenvalue weighted by molar-refractivity contribution is 6.62. The van der Waals surface area contributed by atoms with E-state index in [2.05, 4.69) is 107 Å². The van der Waals surface area contributed by atoms with Gasteiger partial charge in [-0.05, 0) is 93.1 Å². The van der Waals surface area contributed by atoms with E-state index < -0.39 is 0 Å². The Morgan fingerprint density at radius 3 is 2.24 bits per heavy atom. The molecule has 3 aromatic carbocycles. The van der Waals surface area contributed by atoms with Gasteiger partial charge in [0.15, 0.2) is 0 Å². The van der Waals surface area contributed by atoms with Crippen molar-refractivity contribution >= 4 is 18.7 Å². The molecule has 2 unspecified atom stereocenters. The summed E-state index contributed by atoms with van der Waals surface area (Å²) in [5.74, 6) is 0.0772. The van der Waals surface area contributed by atoms with Crippen molar-refractivity contribution in [3.63, 3.8) is 0 Å². The lowest BCUT2D eigenvalue weighted by Crippen LogP contribution is -2.52. The van der Waals surface area contributed by atoms with Crippen LogP contribution in [0, 0.1) is 0 Å². The second kappa shape index (κ2) is 10.4. The van der Waals surface area contributed by atoms with Gasteiger partial charge in [0.05, 0.1) is 17.2 Å². The number of ether oxygens (including phenoxy) is 1. The van der Waals surface area contributed by atoms with E-state index in [0.717, 1.165) is 37.6 Å². The Labute approximate surface area is 250 Å². The fourth-order valence-corrected chi connectivity index (χ4v) is 7.29. The van der Waals surface area contributed by atoms with Crippen molar-refractivity contribution in [2.45, 2.75) is 89.0 Å². The van der Waals surface area contributed by atoms with E-state index in [0.29, 0.717) is 6.61 Å². The number of hydrogen-bond donors (Lipinski definition) is 0. The second-order valence-electron chi connectivity index (χ2n) is 13.4. The topological polar surface area (TPSA) is 48.0 Å². The molecule has 1 aliphatic carbocycles. The lowest BCUT2D eigenvalue weighted by molar-refractivity contribution is 0.00578. The summed E-state index contributed by atoms with van der Waals surface area (Å²) < 4.78 is 18.7. The summed E-state index contributed by atoms with van der Waals surface area (Å²) in [6.45, 7) is 8.72. The highest BCUT2D eigenvalue weighted by atomic mass is 16.7. The van der Waals surface area contributed by atoms with Crippen LogP contribution in [0.5, 0.6) is 0 Å². The van der Waals surface area contributed by atoms with Crippen LogP contribution in [0.25, 0.3) is 11.1 Å². The maximum atomic E-state index is 13.6. The average molecular weight is 562 g/mol. The van der Waals surface area contributed by atoms with Crippen LogP contribution < -0.4 is 5.46 Å². The van der Waals surface area contributed by atoms with Crippen molar-refractivity contribution in [3.05, 3.63) is 101 Å². The largest absolute Gasteiger partial charge is 0.494 e. The molecule has 3 heterocycles. The quantitative estimate of drug-likeness (QED) is 0.248. The Morgan fingerprint density at radius 2 is 1.57 bits per heavy atom. The Hall–Kier alpha value is -3.35. The van der Waals surface area contributed by atoms with Crippen molar-refractivity contribution in [1.29, 1.82) is 0 Å². The zero-order chi connectivity index (χ0) is 29.1. The number of hydrogen-bond acceptors (Lipinski definition) is 4. The molecule has 2 bridgehead atoms. The van der Waals surface area contributed by atoms with Crippen LogP contribution in [0.2, 0.25) is 0 Å². The molecule has 6 heteroatoms. The predicted molar refractivity (Wildman–Crippen MR) is 167 cm³/mol. The number of fused-ring (bicyclic) bond motifs is 5. The number of carbonyl (C=O) groups is 1. The van der Waals surface area contributed by atoms with Crippen molar-refractivity contribution in [1.82, 2.24) is 4.90 Å². The van der Waals surface area contributed by atoms with E-state index in [1.807, 2.05) is 4.90 Å². The summed E-state index contributed by atoms with van der Waals surface area (Å²) in [6.07, 6.45) is 7.07. The zero-order valence-electron chi connectivity index (χ0n) is 25.1. The molecule has 216 valence electrons. The standard InChI is InChI=1S/C36H40BNO4/c1-35(2)36(3,4)42-37(41-35)26-12-9-11-24(20-26)19-25-21-27-13-10-14-28(22-25)38(27)34(39)40-23-33-31-17-7-5-15-29(31)30-16-6-8-18-32(30)33/h5-9,11-12,15-18,20-21,27-28,33H,10,13-14,19,22-23H2,1-4H3. The molecule has 2 saturated heterocycles. The third-order valence-corrected chi connectivity index (χ3v) is 10.2. The molecule has 0 aromatic heterocycles. The fourth-order valence-electron chi connectivity index (χ4n) is 7.29. The first-order valence-electron chi connectivity index (χ1n) is 15.5. The maximum absolute atomic E-state index is 13.6. The van der Waals surface area contributed by atoms with Crippen LogP contribution in [0.15, 0.2) is 84.4 Å². The van der Waals surface area contributed by atoms with Gasteiger partial charge in [0.2, 0.25) is 0 Å². The van der Waals surface area contributed by atoms with Gasteiger partial charge in [-0.25, -0.2) is 4.79 Å². The third-order valence-electron chi connectivity index (χ3n) is 10.2. The zero-order valence-corrected chi connectivity index (χ0v) is 25.1. The smallest absolute Gasteiger partial charge is 0.448 e. The molecule has 0 spiro atoms. The predicted octanol–water partition coefficient (Wildman–Crippen LogP) is 7.03. The van der Waals surface area contributed by atoms with Crippen LogP contribution in [-0.2, 0) is 20.5 Å². The molecule has 5 nitrogen and oxygen atoms in total. The van der Waals surface area contributed by atoms with Gasteiger partial charge in [-0.15, -0.1) is 0 Å². The van der Waals surface area contributed by atoms with Crippen molar-refractivity contribution in [2.24, 2.45) is 0 Å². The van der Waals surface area contributed by atoms with E-state index >= 15 is 0 Å². The van der Waals surface area contributed by atoms with Crippen molar-refractivity contribution in [3.8, 4) is 11.1 Å². The van der Waals surface area contributed by atoms with Crippen molar-refractivity contribution in [2.75, 3.05) is 6.61 Å². The molecule has 1 amide bonds. The number of carbonyl (C=O) groups excluding carboxylic acids is 1. The third kappa shape index (κ3) is 4.79. The van der Waals surface area contributed by atoms with Crippen molar-refractivity contribution < 1.29 is 18.8 Å². The first kappa shape index (κ1) is 27.5. The van der Waals surface area contributed by atoms with Gasteiger partial charge in [-0.3, -0.25) is 4.90 Å². The summed E-state index contributed by atoms with van der Waals surface area (Å²) in [7, 11) is -0.362. The molecule has 0 N–H and O–H groups in total. The second-order valence-corrected chi connectivity index (χ2v) is 13.4. The Kier molecular flexibility index (Phi) is 6.82. The van der Waals surface area contributed by atoms with Gasteiger partial charge in [-0.2, -0.15) is 0 Å². The number of piperidine rings is 1. The van der Waals surface area contributed by atoms with Crippen LogP contribution in [-0.4, -0.2) is 48.0 Å². The highest BCUT2D eigenvalue weighted by Crippen LogP contribution is 2.45. The normalized spacial score (nSPS) is 23.8. The molecule has 4 aliphatic rings. The number of amides is 1. The number of rotatable bonds is 5. The average Bonchev–Trinajstić information content (AvgIpc) is 3.40. The summed E-state index contributed by atoms with van der Waals surface area (Å²) in [5, 5.41) is 0. The maximum Gasteiger partial charge on any atom is 0.494 e. The monoisotopic (exact) mass is 561 g/mol. The highest BCUT2D eigenvalue weighted by Gasteiger charge is 2.51. The van der Waals surface area contributed by atoms with Crippen LogP contribution >= 0.6 is 0 Å². The first-order valence-corrected chi connectivity index (χ1v) is 15.5. The van der Waals surface area contributed by atoms with E-state index in [1.54, 1.807) is 0 Å². The van der Waals surface area contributed by atoms with E-state index in [1.165, 1.54) is 33.4 Å². The van der Waals surface area contributed by atoms with E-state index in [-0.39, 0.29) is 42.4 Å². The van der Waals surface area contributed by atoms with Gasteiger partial charge in [0, 0.05) is 12.0 Å². The summed E-state index contributed by atoms with van der Waals surface area (Å²) in [6, 6.07) is 25.9. The van der Waals surface area contributed by atoms with Gasteiger partial charge < -0.3 is 14.0 Å². The van der Waals surface area contributed by atoms with Gasteiger partial charge in [0.1, 0.15) is 6.61 Å².